The van der Waals surface area contributed by atoms with E-state index in [2.05, 4.69) is 15.0 Å². The largest absolute Gasteiger partial charge is 0.495 e. The first kappa shape index (κ1) is 21.6. The van der Waals surface area contributed by atoms with Crippen LogP contribution in [0.4, 0.5) is 10.7 Å². The van der Waals surface area contributed by atoms with Crippen molar-refractivity contribution in [3.63, 3.8) is 0 Å². The number of ether oxygens (including phenoxy) is 2. The first-order chi connectivity index (χ1) is 14.4. The third-order valence-electron chi connectivity index (χ3n) is 4.28. The smallest absolute Gasteiger partial charge is 0.344 e. The number of halogens is 1. The minimum Gasteiger partial charge on any atom is -0.495 e. The summed E-state index contributed by atoms with van der Waals surface area (Å²) in [5, 5.41) is 6.59. The molecule has 3 aromatic rings. The number of hydrogen-bond acceptors (Lipinski definition) is 7. The number of aryl methyl sites for hydroxylation is 1. The number of aromatic nitrogens is 1. The fourth-order valence-electron chi connectivity index (χ4n) is 2.80. The highest BCUT2D eigenvalue weighted by Gasteiger charge is 2.29. The van der Waals surface area contributed by atoms with Gasteiger partial charge in [0.2, 0.25) is 6.10 Å². The van der Waals surface area contributed by atoms with Gasteiger partial charge >= 0.3 is 5.97 Å². The number of benzene rings is 2. The molecule has 9 heteroatoms. The highest BCUT2D eigenvalue weighted by Crippen LogP contribution is 2.30. The summed E-state index contributed by atoms with van der Waals surface area (Å²) in [5.41, 5.74) is 1.83. The third kappa shape index (κ3) is 4.72. The van der Waals surface area contributed by atoms with E-state index in [4.69, 9.17) is 21.1 Å². The van der Waals surface area contributed by atoms with E-state index < -0.39 is 18.0 Å². The lowest BCUT2D eigenvalue weighted by Gasteiger charge is -2.18. The van der Waals surface area contributed by atoms with Gasteiger partial charge in [0.05, 0.1) is 17.8 Å². The lowest BCUT2D eigenvalue weighted by atomic mass is 10.1. The van der Waals surface area contributed by atoms with Gasteiger partial charge in [-0.2, -0.15) is 4.37 Å². The number of carbonyl (C=O) groups excluding carboxylic acids is 2. The molecule has 0 saturated heterocycles. The van der Waals surface area contributed by atoms with Crippen molar-refractivity contribution in [2.75, 3.05) is 24.8 Å². The van der Waals surface area contributed by atoms with Crippen molar-refractivity contribution in [2.45, 2.75) is 13.0 Å². The van der Waals surface area contributed by atoms with Crippen LogP contribution < -0.4 is 15.4 Å². The van der Waals surface area contributed by atoms with Crippen LogP contribution in [0, 0.1) is 6.92 Å². The minimum absolute atomic E-state index is 0.309. The van der Waals surface area contributed by atoms with Crippen molar-refractivity contribution < 1.29 is 19.1 Å². The summed E-state index contributed by atoms with van der Waals surface area (Å²) in [6.07, 6.45) is -1.16. The van der Waals surface area contributed by atoms with E-state index in [1.165, 1.54) is 7.11 Å². The molecule has 0 aliphatic carbocycles. The highest BCUT2D eigenvalue weighted by atomic mass is 35.5. The predicted molar refractivity (Wildman–Crippen MR) is 118 cm³/mol. The molecule has 0 fully saturated rings. The number of rotatable bonds is 7. The number of hydrogen-bond donors (Lipinski definition) is 2. The van der Waals surface area contributed by atoms with Gasteiger partial charge < -0.3 is 20.1 Å². The van der Waals surface area contributed by atoms with E-state index in [-0.39, 0.29) is 0 Å². The van der Waals surface area contributed by atoms with Crippen LogP contribution in [0.2, 0.25) is 5.02 Å². The number of carbonyl (C=O) groups is 2. The van der Waals surface area contributed by atoms with E-state index in [0.29, 0.717) is 38.3 Å². The van der Waals surface area contributed by atoms with Crippen molar-refractivity contribution in [2.24, 2.45) is 0 Å². The lowest BCUT2D eigenvalue weighted by Crippen LogP contribution is -2.26. The third-order valence-corrected chi connectivity index (χ3v) is 5.53. The molecular weight excluding hydrogens is 426 g/mol. The highest BCUT2D eigenvalue weighted by molar-refractivity contribution is 7.10. The number of nitrogens with one attached hydrogen (secondary N) is 2. The number of nitrogens with zero attached hydrogens (tertiary/aromatic N) is 1. The van der Waals surface area contributed by atoms with Crippen LogP contribution in [0.25, 0.3) is 0 Å². The molecule has 3 rings (SSSR count). The molecule has 0 radical (unpaired) electrons. The molecule has 0 spiro atoms. The molecule has 7 nitrogen and oxygen atoms in total. The van der Waals surface area contributed by atoms with Crippen molar-refractivity contribution in [3.05, 3.63) is 70.4 Å². The van der Waals surface area contributed by atoms with Gasteiger partial charge in [-0.05, 0) is 36.7 Å². The average molecular weight is 446 g/mol. The summed E-state index contributed by atoms with van der Waals surface area (Å²) < 4.78 is 14.9. The van der Waals surface area contributed by atoms with Crippen LogP contribution in [-0.2, 0) is 9.53 Å². The van der Waals surface area contributed by atoms with Gasteiger partial charge in [-0.15, -0.1) is 0 Å². The molecule has 0 saturated carbocycles. The van der Waals surface area contributed by atoms with Crippen LogP contribution in [0.5, 0.6) is 5.75 Å². The van der Waals surface area contributed by atoms with E-state index in [1.807, 2.05) is 6.07 Å². The Morgan fingerprint density at radius 2 is 1.90 bits per heavy atom. The van der Waals surface area contributed by atoms with Crippen LogP contribution in [0.3, 0.4) is 0 Å². The van der Waals surface area contributed by atoms with Gasteiger partial charge in [0.15, 0.2) is 0 Å². The second-order valence-electron chi connectivity index (χ2n) is 6.26. The topological polar surface area (TPSA) is 89.5 Å². The zero-order valence-electron chi connectivity index (χ0n) is 16.6. The standard InChI is InChI=1S/C21H20ClN3O4S/c1-12-17(20(23-2)30-25-12)21(27)29-18(13-7-5-4-6-8-13)19(26)24-14-9-10-16(28-3)15(22)11-14/h4-11,18,23H,1-3H3,(H,24,26). The molecule has 1 heterocycles. The second-order valence-corrected chi connectivity index (χ2v) is 7.44. The maximum atomic E-state index is 13.0. The van der Waals surface area contributed by atoms with Crippen molar-refractivity contribution in [1.29, 1.82) is 0 Å². The SMILES string of the molecule is CNc1snc(C)c1C(=O)OC(C(=O)Nc1ccc(OC)c(Cl)c1)c1ccccc1. The maximum Gasteiger partial charge on any atom is 0.344 e. The summed E-state index contributed by atoms with van der Waals surface area (Å²) in [6.45, 7) is 1.71. The van der Waals surface area contributed by atoms with E-state index in [9.17, 15) is 9.59 Å². The molecule has 1 unspecified atom stereocenters. The van der Waals surface area contributed by atoms with Crippen LogP contribution in [-0.4, -0.2) is 30.4 Å². The Hall–Kier alpha value is -3.10. The summed E-state index contributed by atoms with van der Waals surface area (Å²) in [7, 11) is 3.20. The Labute approximate surface area is 183 Å². The van der Waals surface area contributed by atoms with Gasteiger partial charge in [-0.1, -0.05) is 41.9 Å². The second kappa shape index (κ2) is 9.60. The van der Waals surface area contributed by atoms with Crippen LogP contribution in [0.1, 0.15) is 27.7 Å². The molecule has 0 bridgehead atoms. The summed E-state index contributed by atoms with van der Waals surface area (Å²) >= 11 is 7.29. The normalized spacial score (nSPS) is 11.5. The number of esters is 1. The fraction of sp³-hybridized carbons (Fsp3) is 0.190. The molecule has 2 N–H and O–H groups in total. The summed E-state index contributed by atoms with van der Waals surface area (Å²) in [5.74, 6) is -0.661. The maximum absolute atomic E-state index is 13.0. The zero-order chi connectivity index (χ0) is 21.7. The van der Waals surface area contributed by atoms with Crippen molar-refractivity contribution in [3.8, 4) is 5.75 Å². The molecule has 30 heavy (non-hydrogen) atoms. The van der Waals surface area contributed by atoms with Gasteiger partial charge in [0.1, 0.15) is 16.3 Å². The minimum atomic E-state index is -1.16. The average Bonchev–Trinajstić information content (AvgIpc) is 3.13. The Bertz CT molecular complexity index is 1060. The predicted octanol–water partition coefficient (Wildman–Crippen LogP) is 4.69. The number of amides is 1. The summed E-state index contributed by atoms with van der Waals surface area (Å²) in [4.78, 5) is 25.9. The van der Waals surface area contributed by atoms with Crippen molar-refractivity contribution >= 4 is 45.7 Å². The van der Waals surface area contributed by atoms with Crippen LogP contribution in [0.15, 0.2) is 48.5 Å². The molecule has 1 atom stereocenters. The zero-order valence-corrected chi connectivity index (χ0v) is 18.1. The number of methoxy groups -OCH3 is 1. The van der Waals surface area contributed by atoms with E-state index in [0.717, 1.165) is 11.5 Å². The van der Waals surface area contributed by atoms with E-state index in [1.54, 1.807) is 56.4 Å². The Balaban J connectivity index is 1.87. The molecular formula is C21H20ClN3O4S. The molecule has 0 aliphatic rings. The molecule has 1 amide bonds. The molecule has 2 aromatic carbocycles. The van der Waals surface area contributed by atoms with Gasteiger partial charge in [-0.25, -0.2) is 4.79 Å². The lowest BCUT2D eigenvalue weighted by molar-refractivity contribution is -0.125. The van der Waals surface area contributed by atoms with Gasteiger partial charge in [0.25, 0.3) is 5.91 Å². The first-order valence-electron chi connectivity index (χ1n) is 8.99. The van der Waals surface area contributed by atoms with Crippen LogP contribution >= 0.6 is 23.1 Å². The summed E-state index contributed by atoms with van der Waals surface area (Å²) in [6, 6.07) is 13.6. The quantitative estimate of drug-likeness (QED) is 0.513. The number of anilines is 2. The fourth-order valence-corrected chi connectivity index (χ4v) is 3.79. The van der Waals surface area contributed by atoms with Gasteiger partial charge in [-0.3, -0.25) is 4.79 Å². The van der Waals surface area contributed by atoms with Gasteiger partial charge in [0, 0.05) is 18.3 Å². The first-order valence-corrected chi connectivity index (χ1v) is 10.1. The van der Waals surface area contributed by atoms with E-state index >= 15 is 0 Å². The Kier molecular flexibility index (Phi) is 6.91. The molecule has 156 valence electrons. The molecule has 1 aromatic heterocycles. The Morgan fingerprint density at radius 1 is 1.17 bits per heavy atom. The monoisotopic (exact) mass is 445 g/mol. The molecule has 0 aliphatic heterocycles. The van der Waals surface area contributed by atoms with Crippen molar-refractivity contribution in [1.82, 2.24) is 4.37 Å². The Morgan fingerprint density at radius 3 is 2.53 bits per heavy atom.